The lowest BCUT2D eigenvalue weighted by atomic mass is 9.87. The molecule has 0 spiro atoms. The maximum atomic E-state index is 12.5. The fourth-order valence-corrected chi connectivity index (χ4v) is 4.02. The number of rotatable bonds is 4. The summed E-state index contributed by atoms with van der Waals surface area (Å²) in [6.07, 6.45) is 9.08. The first-order valence-electron chi connectivity index (χ1n) is 10.2. The van der Waals surface area contributed by atoms with Crippen LogP contribution in [0.4, 0.5) is 0 Å². The van der Waals surface area contributed by atoms with Crippen LogP contribution in [0.25, 0.3) is 0 Å². The minimum Gasteiger partial charge on any atom is -0.330 e. The number of amides is 1. The second-order valence-electron chi connectivity index (χ2n) is 8.12. The minimum absolute atomic E-state index is 0.0189. The van der Waals surface area contributed by atoms with E-state index in [-0.39, 0.29) is 11.7 Å². The fraction of sp³-hybridized carbons (Fsp3) is 0.667. The molecule has 27 heavy (non-hydrogen) atoms. The molecule has 1 amide bonds. The van der Waals surface area contributed by atoms with E-state index in [4.69, 9.17) is 0 Å². The number of ketones is 1. The van der Waals surface area contributed by atoms with Crippen molar-refractivity contribution in [1.82, 2.24) is 19.4 Å². The Morgan fingerprint density at radius 1 is 1.15 bits per heavy atom. The van der Waals surface area contributed by atoms with Gasteiger partial charge in [-0.25, -0.2) is 4.98 Å². The van der Waals surface area contributed by atoms with Gasteiger partial charge in [-0.2, -0.15) is 0 Å². The molecule has 1 aromatic heterocycles. The summed E-state index contributed by atoms with van der Waals surface area (Å²) in [7, 11) is 0. The Morgan fingerprint density at radius 2 is 1.93 bits per heavy atom. The first-order chi connectivity index (χ1) is 13.0. The monoisotopic (exact) mass is 372 g/mol. The highest BCUT2D eigenvalue weighted by Gasteiger charge is 2.23. The molecule has 0 aliphatic carbocycles. The summed E-state index contributed by atoms with van der Waals surface area (Å²) in [5.74, 6) is 2.43. The lowest BCUT2D eigenvalue weighted by Crippen LogP contribution is -2.38. The Hall–Kier alpha value is -1.95. The Bertz CT molecular complexity index is 709. The number of likely N-dealkylation sites (tertiary alicyclic amines) is 1. The molecule has 1 aromatic rings. The fourth-order valence-electron chi connectivity index (χ4n) is 4.02. The summed E-state index contributed by atoms with van der Waals surface area (Å²) in [6.45, 7) is 11.0. The number of carbonyl (C=O) groups is 2. The van der Waals surface area contributed by atoms with E-state index >= 15 is 0 Å². The van der Waals surface area contributed by atoms with E-state index in [2.05, 4.69) is 23.7 Å². The molecule has 2 unspecified atom stereocenters. The van der Waals surface area contributed by atoms with Crippen LogP contribution in [-0.4, -0.2) is 57.2 Å². The van der Waals surface area contributed by atoms with E-state index in [1.807, 2.05) is 10.6 Å². The number of aromatic nitrogens is 2. The molecule has 0 bridgehead atoms. The van der Waals surface area contributed by atoms with Gasteiger partial charge in [0.15, 0.2) is 5.78 Å². The van der Waals surface area contributed by atoms with Gasteiger partial charge in [-0.3, -0.25) is 14.5 Å². The van der Waals surface area contributed by atoms with Gasteiger partial charge in [0, 0.05) is 32.6 Å². The number of imidazole rings is 1. The zero-order valence-electron chi connectivity index (χ0n) is 16.9. The van der Waals surface area contributed by atoms with Gasteiger partial charge >= 0.3 is 0 Å². The van der Waals surface area contributed by atoms with Crippen LogP contribution in [0.3, 0.4) is 0 Å². The molecule has 6 nitrogen and oxygen atoms in total. The number of fused-ring (bicyclic) bond motifs is 1. The SMILES string of the molecule is CC(=O)c1cnc2n1CCN(C(=O)/C=C/CN1CCCC(C)C(C)CC1)C2. The topological polar surface area (TPSA) is 58.4 Å². The van der Waals surface area contributed by atoms with Gasteiger partial charge in [-0.1, -0.05) is 19.9 Å². The van der Waals surface area contributed by atoms with E-state index in [0.29, 0.717) is 25.3 Å². The summed E-state index contributed by atoms with van der Waals surface area (Å²) in [6, 6.07) is 0. The molecule has 2 aliphatic rings. The molecule has 1 fully saturated rings. The van der Waals surface area contributed by atoms with Crippen molar-refractivity contribution in [3.63, 3.8) is 0 Å². The van der Waals surface area contributed by atoms with Crippen molar-refractivity contribution in [3.8, 4) is 0 Å². The van der Waals surface area contributed by atoms with Crippen LogP contribution in [0.1, 0.15) is 56.3 Å². The third-order valence-corrected chi connectivity index (χ3v) is 6.17. The average Bonchev–Trinajstić information content (AvgIpc) is 3.07. The Labute approximate surface area is 162 Å². The Balaban J connectivity index is 1.51. The molecule has 2 aliphatic heterocycles. The van der Waals surface area contributed by atoms with E-state index < -0.39 is 0 Å². The predicted octanol–water partition coefficient (Wildman–Crippen LogP) is 2.74. The molecular formula is C21H32N4O2. The van der Waals surface area contributed by atoms with Gasteiger partial charge in [0.2, 0.25) is 5.91 Å². The molecule has 0 aromatic carbocycles. The second kappa shape index (κ2) is 8.83. The number of carbonyl (C=O) groups excluding carboxylic acids is 2. The van der Waals surface area contributed by atoms with Gasteiger partial charge in [-0.05, 0) is 44.2 Å². The van der Waals surface area contributed by atoms with Crippen molar-refractivity contribution in [1.29, 1.82) is 0 Å². The first-order valence-corrected chi connectivity index (χ1v) is 10.2. The van der Waals surface area contributed by atoms with E-state index in [0.717, 1.165) is 37.3 Å². The van der Waals surface area contributed by atoms with Crippen LogP contribution in [0.2, 0.25) is 0 Å². The van der Waals surface area contributed by atoms with Crippen molar-refractivity contribution < 1.29 is 9.59 Å². The van der Waals surface area contributed by atoms with Gasteiger partial charge < -0.3 is 9.47 Å². The maximum absolute atomic E-state index is 12.5. The highest BCUT2D eigenvalue weighted by atomic mass is 16.2. The first kappa shape index (κ1) is 19.8. The van der Waals surface area contributed by atoms with Gasteiger partial charge in [0.25, 0.3) is 0 Å². The molecule has 1 saturated heterocycles. The van der Waals surface area contributed by atoms with Crippen LogP contribution in [-0.2, 0) is 17.9 Å². The quantitative estimate of drug-likeness (QED) is 0.602. The zero-order valence-corrected chi connectivity index (χ0v) is 16.9. The summed E-state index contributed by atoms with van der Waals surface area (Å²) in [5.41, 5.74) is 0.633. The van der Waals surface area contributed by atoms with Crippen LogP contribution < -0.4 is 0 Å². The van der Waals surface area contributed by atoms with E-state index in [1.165, 1.54) is 19.3 Å². The number of hydrogen-bond donors (Lipinski definition) is 0. The Morgan fingerprint density at radius 3 is 2.70 bits per heavy atom. The molecular weight excluding hydrogens is 340 g/mol. The molecule has 0 saturated carbocycles. The van der Waals surface area contributed by atoms with Gasteiger partial charge in [0.05, 0.1) is 12.7 Å². The van der Waals surface area contributed by atoms with E-state index in [9.17, 15) is 9.59 Å². The van der Waals surface area contributed by atoms with Crippen LogP contribution in [0, 0.1) is 11.8 Å². The summed E-state index contributed by atoms with van der Waals surface area (Å²) in [4.78, 5) is 32.7. The zero-order chi connectivity index (χ0) is 19.4. The highest BCUT2D eigenvalue weighted by molar-refractivity contribution is 5.92. The van der Waals surface area contributed by atoms with Crippen LogP contribution in [0.5, 0.6) is 0 Å². The molecule has 148 valence electrons. The number of Topliss-reactive ketones (excluding diaryl/α,β-unsaturated/α-hetero) is 1. The third-order valence-electron chi connectivity index (χ3n) is 6.17. The maximum Gasteiger partial charge on any atom is 0.246 e. The summed E-state index contributed by atoms with van der Waals surface area (Å²) < 4.78 is 1.93. The van der Waals surface area contributed by atoms with Gasteiger partial charge in [0.1, 0.15) is 11.5 Å². The standard InChI is InChI=1S/C21H32N4O2/c1-16-6-4-9-23(11-8-17(16)2)10-5-7-21(27)24-12-13-25-19(18(3)26)14-22-20(25)15-24/h5,7,14,16-17H,4,6,8-13,15H2,1-3H3/b7-5+. The van der Waals surface area contributed by atoms with Gasteiger partial charge in [-0.15, -0.1) is 0 Å². The van der Waals surface area contributed by atoms with Crippen molar-refractivity contribution in [3.05, 3.63) is 29.9 Å². The largest absolute Gasteiger partial charge is 0.330 e. The number of nitrogens with zero attached hydrogens (tertiary/aromatic N) is 4. The van der Waals surface area contributed by atoms with Crippen LogP contribution >= 0.6 is 0 Å². The Kier molecular flexibility index (Phi) is 6.47. The predicted molar refractivity (Wildman–Crippen MR) is 105 cm³/mol. The molecule has 0 radical (unpaired) electrons. The smallest absolute Gasteiger partial charge is 0.246 e. The molecule has 2 atom stereocenters. The highest BCUT2D eigenvalue weighted by Crippen LogP contribution is 2.23. The van der Waals surface area contributed by atoms with Crippen molar-refractivity contribution in [2.75, 3.05) is 26.2 Å². The minimum atomic E-state index is 0.0189. The molecule has 6 heteroatoms. The van der Waals surface area contributed by atoms with Crippen LogP contribution in [0.15, 0.2) is 18.3 Å². The van der Waals surface area contributed by atoms with Crippen molar-refractivity contribution >= 4 is 11.7 Å². The molecule has 0 N–H and O–H groups in total. The lowest BCUT2D eigenvalue weighted by molar-refractivity contribution is -0.127. The second-order valence-corrected chi connectivity index (χ2v) is 8.12. The normalized spacial score (nSPS) is 24.5. The number of hydrogen-bond acceptors (Lipinski definition) is 4. The average molecular weight is 373 g/mol. The van der Waals surface area contributed by atoms with Crippen molar-refractivity contribution in [2.45, 2.75) is 53.1 Å². The molecule has 3 rings (SSSR count). The summed E-state index contributed by atoms with van der Waals surface area (Å²) in [5, 5.41) is 0. The molecule has 3 heterocycles. The van der Waals surface area contributed by atoms with E-state index in [1.54, 1.807) is 24.1 Å². The summed E-state index contributed by atoms with van der Waals surface area (Å²) >= 11 is 0. The lowest BCUT2D eigenvalue weighted by Gasteiger charge is -2.29. The third kappa shape index (κ3) is 4.86. The van der Waals surface area contributed by atoms with Crippen molar-refractivity contribution in [2.24, 2.45) is 11.8 Å².